The summed E-state index contributed by atoms with van der Waals surface area (Å²) in [6.45, 7) is 0. The van der Waals surface area contributed by atoms with Gasteiger partial charge in [-0.3, -0.25) is 0 Å². The van der Waals surface area contributed by atoms with Crippen molar-refractivity contribution in [2.75, 3.05) is 0 Å². The largest absolute Gasteiger partial charge is 0.456 e. The molecule has 0 radical (unpaired) electrons. The van der Waals surface area contributed by atoms with Crippen LogP contribution in [0.25, 0.3) is 122 Å². The maximum atomic E-state index is 6.15. The van der Waals surface area contributed by atoms with Gasteiger partial charge in [0.1, 0.15) is 11.2 Å². The number of hydrogen-bond donors (Lipinski definition) is 0. The summed E-state index contributed by atoms with van der Waals surface area (Å²) >= 11 is 0. The van der Waals surface area contributed by atoms with Gasteiger partial charge in [-0.25, -0.2) is 9.97 Å². The Morgan fingerprint density at radius 2 is 0.836 bits per heavy atom. The summed E-state index contributed by atoms with van der Waals surface area (Å²) in [5.74, 6) is 0.677. The molecule has 3 heteroatoms. The second-order valence-electron chi connectivity index (χ2n) is 15.7. The number of para-hydroxylation sites is 1. The molecule has 10 aromatic carbocycles. The highest BCUT2D eigenvalue weighted by Crippen LogP contribution is 2.40. The lowest BCUT2D eigenvalue weighted by Gasteiger charge is -2.15. The van der Waals surface area contributed by atoms with Gasteiger partial charge in [-0.05, 0) is 102 Å². The van der Waals surface area contributed by atoms with E-state index >= 15 is 0 Å². The highest BCUT2D eigenvalue weighted by Gasteiger charge is 2.16. The van der Waals surface area contributed by atoms with Crippen molar-refractivity contribution >= 4 is 54.3 Å². The normalized spacial score (nSPS) is 11.6. The van der Waals surface area contributed by atoms with Crippen LogP contribution in [0, 0.1) is 0 Å². The van der Waals surface area contributed by atoms with Crippen molar-refractivity contribution in [3.8, 4) is 67.3 Å². The molecule has 61 heavy (non-hydrogen) atoms. The van der Waals surface area contributed by atoms with Gasteiger partial charge in [-0.1, -0.05) is 182 Å². The van der Waals surface area contributed by atoms with Crippen LogP contribution in [0.15, 0.2) is 223 Å². The Morgan fingerprint density at radius 1 is 0.262 bits per heavy atom. The van der Waals surface area contributed by atoms with Crippen LogP contribution >= 0.6 is 0 Å². The zero-order valence-electron chi connectivity index (χ0n) is 33.1. The van der Waals surface area contributed by atoms with Crippen LogP contribution in [0.5, 0.6) is 0 Å². The number of hydrogen-bond acceptors (Lipinski definition) is 3. The van der Waals surface area contributed by atoms with Crippen LogP contribution in [0.3, 0.4) is 0 Å². The van der Waals surface area contributed by atoms with Crippen molar-refractivity contribution < 1.29 is 4.42 Å². The lowest BCUT2D eigenvalue weighted by atomic mass is 9.89. The molecular formula is C58H36N2O. The smallest absolute Gasteiger partial charge is 0.160 e. The van der Waals surface area contributed by atoms with Gasteiger partial charge < -0.3 is 4.42 Å². The van der Waals surface area contributed by atoms with E-state index in [0.717, 1.165) is 66.7 Å². The van der Waals surface area contributed by atoms with E-state index in [1.807, 2.05) is 18.2 Å². The standard InChI is InChI=1S/C58H36N2O/c1-2-11-37(12-3-1)38-21-23-40(24-22-38)53-36-54(46-16-10-15-43(33-46)44-30-32-56-52(34-44)49-19-8-9-20-55(49)61-56)60-58(59-53)42-27-25-41(26-28-42)57-48-18-7-5-14-45(48)35-51-47-17-6-4-13-39(47)29-31-50(51)57/h1-36H. The molecule has 12 rings (SSSR count). The molecule has 0 aliphatic rings. The molecule has 284 valence electrons. The molecule has 0 aliphatic heterocycles. The number of rotatable bonds is 6. The first kappa shape index (κ1) is 34.9. The summed E-state index contributed by atoms with van der Waals surface area (Å²) < 4.78 is 6.15. The third kappa shape index (κ3) is 6.14. The van der Waals surface area contributed by atoms with Crippen molar-refractivity contribution in [2.24, 2.45) is 0 Å². The van der Waals surface area contributed by atoms with Gasteiger partial charge in [-0.15, -0.1) is 0 Å². The Morgan fingerprint density at radius 3 is 1.67 bits per heavy atom. The molecule has 0 fully saturated rings. The first-order valence-electron chi connectivity index (χ1n) is 20.7. The number of aromatic nitrogens is 2. The third-order valence-corrected chi connectivity index (χ3v) is 12.1. The second kappa shape index (κ2) is 14.3. The summed E-state index contributed by atoms with van der Waals surface area (Å²) in [4.78, 5) is 10.5. The number of furan rings is 1. The fourth-order valence-electron chi connectivity index (χ4n) is 9.02. The zero-order valence-corrected chi connectivity index (χ0v) is 33.1. The average Bonchev–Trinajstić information content (AvgIpc) is 3.72. The van der Waals surface area contributed by atoms with Gasteiger partial charge in [0.25, 0.3) is 0 Å². The SMILES string of the molecule is c1ccc(-c2ccc(-c3cc(-c4cccc(-c5ccc6oc7ccccc7c6c5)c4)nc(-c4ccc(-c5c6ccccc6cc6c5ccc5ccccc56)cc4)n3)cc2)cc1. The van der Waals surface area contributed by atoms with Gasteiger partial charge in [0.05, 0.1) is 11.4 Å². The quantitative estimate of drug-likeness (QED) is 0.125. The van der Waals surface area contributed by atoms with Gasteiger partial charge in [0.2, 0.25) is 0 Å². The molecule has 12 aromatic rings. The first-order valence-corrected chi connectivity index (χ1v) is 20.7. The van der Waals surface area contributed by atoms with E-state index in [-0.39, 0.29) is 0 Å². The van der Waals surface area contributed by atoms with E-state index in [0.29, 0.717) is 5.82 Å². The summed E-state index contributed by atoms with van der Waals surface area (Å²) in [6, 6.07) is 77.6. The minimum atomic E-state index is 0.677. The highest BCUT2D eigenvalue weighted by atomic mass is 16.3. The van der Waals surface area contributed by atoms with Gasteiger partial charge >= 0.3 is 0 Å². The molecule has 2 heterocycles. The Bertz CT molecular complexity index is 3620. The Kier molecular flexibility index (Phi) is 8.17. The van der Waals surface area contributed by atoms with Gasteiger partial charge in [-0.2, -0.15) is 0 Å². The molecule has 2 aromatic heterocycles. The van der Waals surface area contributed by atoms with E-state index in [1.54, 1.807) is 0 Å². The van der Waals surface area contributed by atoms with E-state index in [4.69, 9.17) is 14.4 Å². The van der Waals surface area contributed by atoms with Crippen LogP contribution in [0.2, 0.25) is 0 Å². The Hall–Kier alpha value is -8.14. The van der Waals surface area contributed by atoms with Gasteiger partial charge in [0, 0.05) is 27.5 Å². The Balaban J connectivity index is 0.983. The van der Waals surface area contributed by atoms with Crippen molar-refractivity contribution in [3.63, 3.8) is 0 Å². The number of benzene rings is 10. The predicted molar refractivity (Wildman–Crippen MR) is 254 cm³/mol. The van der Waals surface area contributed by atoms with Crippen LogP contribution < -0.4 is 0 Å². The number of fused-ring (bicyclic) bond motifs is 7. The topological polar surface area (TPSA) is 38.9 Å². The molecule has 0 atom stereocenters. The molecule has 0 saturated carbocycles. The van der Waals surface area contributed by atoms with Crippen molar-refractivity contribution in [1.29, 1.82) is 0 Å². The average molecular weight is 777 g/mol. The van der Waals surface area contributed by atoms with Crippen molar-refractivity contribution in [1.82, 2.24) is 9.97 Å². The maximum absolute atomic E-state index is 6.15. The van der Waals surface area contributed by atoms with E-state index < -0.39 is 0 Å². The van der Waals surface area contributed by atoms with Crippen LogP contribution in [0.1, 0.15) is 0 Å². The van der Waals surface area contributed by atoms with E-state index in [1.165, 1.54) is 49.0 Å². The number of nitrogens with zero attached hydrogens (tertiary/aromatic N) is 2. The van der Waals surface area contributed by atoms with Crippen molar-refractivity contribution in [2.45, 2.75) is 0 Å². The molecule has 0 aliphatic carbocycles. The molecule has 0 bridgehead atoms. The molecule has 0 spiro atoms. The lowest BCUT2D eigenvalue weighted by molar-refractivity contribution is 0.669. The zero-order chi connectivity index (χ0) is 40.3. The fourth-order valence-corrected chi connectivity index (χ4v) is 9.02. The highest BCUT2D eigenvalue weighted by molar-refractivity contribution is 6.20. The molecule has 0 N–H and O–H groups in total. The summed E-state index contributed by atoms with van der Waals surface area (Å²) in [7, 11) is 0. The maximum Gasteiger partial charge on any atom is 0.160 e. The summed E-state index contributed by atoms with van der Waals surface area (Å²) in [6.07, 6.45) is 0. The summed E-state index contributed by atoms with van der Waals surface area (Å²) in [5, 5.41) is 9.69. The first-order chi connectivity index (χ1) is 30.2. The van der Waals surface area contributed by atoms with Gasteiger partial charge in [0.15, 0.2) is 5.82 Å². The Labute approximate surface area is 352 Å². The van der Waals surface area contributed by atoms with Crippen LogP contribution in [-0.4, -0.2) is 9.97 Å². The minimum absolute atomic E-state index is 0.677. The third-order valence-electron chi connectivity index (χ3n) is 12.1. The van der Waals surface area contributed by atoms with E-state index in [2.05, 4.69) is 200 Å². The molecule has 0 unspecified atom stereocenters. The monoisotopic (exact) mass is 776 g/mol. The van der Waals surface area contributed by atoms with Crippen LogP contribution in [-0.2, 0) is 0 Å². The second-order valence-corrected chi connectivity index (χ2v) is 15.7. The molecule has 3 nitrogen and oxygen atoms in total. The molecule has 0 saturated heterocycles. The fraction of sp³-hybridized carbons (Fsp3) is 0. The lowest BCUT2D eigenvalue weighted by Crippen LogP contribution is -1.96. The minimum Gasteiger partial charge on any atom is -0.456 e. The van der Waals surface area contributed by atoms with Crippen LogP contribution in [0.4, 0.5) is 0 Å². The molecule has 0 amide bonds. The summed E-state index contributed by atoms with van der Waals surface area (Å²) in [5.41, 5.74) is 13.5. The van der Waals surface area contributed by atoms with Crippen molar-refractivity contribution in [3.05, 3.63) is 218 Å². The molecular weight excluding hydrogens is 741 g/mol. The predicted octanol–water partition coefficient (Wildman–Crippen LogP) is 15.8. The van der Waals surface area contributed by atoms with E-state index in [9.17, 15) is 0 Å².